The number of methoxy groups -OCH3 is 1. The summed E-state index contributed by atoms with van der Waals surface area (Å²) in [5.41, 5.74) is 0.872. The van der Waals surface area contributed by atoms with E-state index < -0.39 is 11.7 Å². The molecule has 0 bridgehead atoms. The molecule has 0 fully saturated rings. The molecule has 0 saturated carbocycles. The summed E-state index contributed by atoms with van der Waals surface area (Å²) in [5, 5.41) is 2.80. The Kier molecular flexibility index (Phi) is 6.39. The molecule has 2 aromatic carbocycles. The molecule has 0 saturated heterocycles. The van der Waals surface area contributed by atoms with Crippen LogP contribution < -0.4 is 14.8 Å². The fraction of sp³-hybridized carbons (Fsp3) is 0.350. The fourth-order valence-corrected chi connectivity index (χ4v) is 2.33. The molecule has 0 spiro atoms. The molecule has 0 radical (unpaired) electrons. The number of benzene rings is 2. The van der Waals surface area contributed by atoms with E-state index in [0.29, 0.717) is 24.0 Å². The van der Waals surface area contributed by atoms with Crippen molar-refractivity contribution in [3.05, 3.63) is 59.4 Å². The first-order valence-electron chi connectivity index (χ1n) is 8.28. The predicted octanol–water partition coefficient (Wildman–Crippen LogP) is 4.36. The summed E-state index contributed by atoms with van der Waals surface area (Å²) in [6.45, 7) is 6.57. The second-order valence-electron chi connectivity index (χ2n) is 6.29. The average Bonchev–Trinajstić information content (AvgIpc) is 2.59. The van der Waals surface area contributed by atoms with Crippen molar-refractivity contribution >= 4 is 5.91 Å². The summed E-state index contributed by atoms with van der Waals surface area (Å²) in [5.74, 6) is 0.674. The normalized spacial score (nSPS) is 11.9. The molecule has 0 aliphatic heterocycles. The number of amides is 1. The minimum atomic E-state index is -0.540. The highest BCUT2D eigenvalue weighted by atomic mass is 19.1. The standard InChI is InChI=1S/C20H24FNO3/c1-13(2)12-25-18-10-9-15(11-19(18)24-4)14(3)22-20(23)16-7-5-6-8-17(16)21/h5-11,13-14H,12H2,1-4H3,(H,22,23). The lowest BCUT2D eigenvalue weighted by atomic mass is 10.1. The molecule has 0 aliphatic carbocycles. The van der Waals surface area contributed by atoms with Gasteiger partial charge in [0, 0.05) is 0 Å². The van der Waals surface area contributed by atoms with E-state index in [2.05, 4.69) is 19.2 Å². The van der Waals surface area contributed by atoms with Gasteiger partial charge in [0.1, 0.15) is 5.82 Å². The SMILES string of the molecule is COc1cc(C(C)NC(=O)c2ccccc2F)ccc1OCC(C)C. The van der Waals surface area contributed by atoms with Crippen LogP contribution in [0.3, 0.4) is 0 Å². The molecule has 0 aliphatic rings. The van der Waals surface area contributed by atoms with E-state index in [1.54, 1.807) is 19.2 Å². The quantitative estimate of drug-likeness (QED) is 0.811. The van der Waals surface area contributed by atoms with Crippen molar-refractivity contribution in [1.82, 2.24) is 5.32 Å². The zero-order chi connectivity index (χ0) is 18.4. The van der Waals surface area contributed by atoms with Crippen molar-refractivity contribution in [3.63, 3.8) is 0 Å². The molecule has 1 atom stereocenters. The number of carbonyl (C=O) groups is 1. The van der Waals surface area contributed by atoms with Crippen molar-refractivity contribution < 1.29 is 18.7 Å². The molecule has 134 valence electrons. The summed E-state index contributed by atoms with van der Waals surface area (Å²) in [6, 6.07) is 11.1. The van der Waals surface area contributed by atoms with Gasteiger partial charge in [-0.15, -0.1) is 0 Å². The zero-order valence-corrected chi connectivity index (χ0v) is 15.0. The Morgan fingerprint density at radius 1 is 1.12 bits per heavy atom. The van der Waals surface area contributed by atoms with Gasteiger partial charge in [0.05, 0.1) is 25.3 Å². The van der Waals surface area contributed by atoms with Crippen LogP contribution in [0.5, 0.6) is 11.5 Å². The van der Waals surface area contributed by atoms with Crippen molar-refractivity contribution in [2.24, 2.45) is 5.92 Å². The van der Waals surface area contributed by atoms with Crippen LogP contribution in [0.25, 0.3) is 0 Å². The number of hydrogen-bond acceptors (Lipinski definition) is 3. The van der Waals surface area contributed by atoms with Gasteiger partial charge in [-0.25, -0.2) is 4.39 Å². The molecule has 1 unspecified atom stereocenters. The van der Waals surface area contributed by atoms with Gasteiger partial charge in [0.25, 0.3) is 5.91 Å². The van der Waals surface area contributed by atoms with E-state index in [1.165, 1.54) is 12.1 Å². The first kappa shape index (κ1) is 18.8. The molecular formula is C20H24FNO3. The van der Waals surface area contributed by atoms with Crippen LogP contribution in [0, 0.1) is 11.7 Å². The zero-order valence-electron chi connectivity index (χ0n) is 15.0. The Labute approximate surface area is 148 Å². The van der Waals surface area contributed by atoms with Crippen LogP contribution in [-0.2, 0) is 0 Å². The van der Waals surface area contributed by atoms with Crippen LogP contribution in [0.2, 0.25) is 0 Å². The third-order valence-electron chi connectivity index (χ3n) is 3.73. The lowest BCUT2D eigenvalue weighted by molar-refractivity contribution is 0.0935. The summed E-state index contributed by atoms with van der Waals surface area (Å²) in [6.07, 6.45) is 0. The van der Waals surface area contributed by atoms with Crippen molar-refractivity contribution in [2.75, 3.05) is 13.7 Å². The number of halogens is 1. The third kappa shape index (κ3) is 4.95. The van der Waals surface area contributed by atoms with Gasteiger partial charge in [0.15, 0.2) is 11.5 Å². The van der Waals surface area contributed by atoms with Crippen molar-refractivity contribution in [2.45, 2.75) is 26.8 Å². The van der Waals surface area contributed by atoms with E-state index >= 15 is 0 Å². The Morgan fingerprint density at radius 2 is 1.84 bits per heavy atom. The second-order valence-corrected chi connectivity index (χ2v) is 6.29. The second kappa shape index (κ2) is 8.51. The van der Waals surface area contributed by atoms with Crippen LogP contribution in [0.15, 0.2) is 42.5 Å². The molecule has 2 rings (SSSR count). The average molecular weight is 345 g/mol. The van der Waals surface area contributed by atoms with Gasteiger partial charge < -0.3 is 14.8 Å². The van der Waals surface area contributed by atoms with Gasteiger partial charge in [-0.3, -0.25) is 4.79 Å². The summed E-state index contributed by atoms with van der Waals surface area (Å²) >= 11 is 0. The van der Waals surface area contributed by atoms with Crippen LogP contribution in [-0.4, -0.2) is 19.6 Å². The van der Waals surface area contributed by atoms with E-state index in [0.717, 1.165) is 5.56 Å². The van der Waals surface area contributed by atoms with E-state index in [4.69, 9.17) is 9.47 Å². The first-order chi connectivity index (χ1) is 11.9. The highest BCUT2D eigenvalue weighted by Crippen LogP contribution is 2.30. The molecule has 0 heterocycles. The van der Waals surface area contributed by atoms with Crippen molar-refractivity contribution in [1.29, 1.82) is 0 Å². The minimum Gasteiger partial charge on any atom is -0.493 e. The van der Waals surface area contributed by atoms with Gasteiger partial charge in [-0.05, 0) is 42.7 Å². The molecule has 25 heavy (non-hydrogen) atoms. The maximum absolute atomic E-state index is 13.7. The maximum atomic E-state index is 13.7. The summed E-state index contributed by atoms with van der Waals surface area (Å²) < 4.78 is 24.8. The topological polar surface area (TPSA) is 47.6 Å². The molecule has 0 aromatic heterocycles. The maximum Gasteiger partial charge on any atom is 0.254 e. The predicted molar refractivity (Wildman–Crippen MR) is 95.6 cm³/mol. The van der Waals surface area contributed by atoms with Gasteiger partial charge in [-0.2, -0.15) is 0 Å². The monoisotopic (exact) mass is 345 g/mol. The largest absolute Gasteiger partial charge is 0.493 e. The minimum absolute atomic E-state index is 0.0261. The Balaban J connectivity index is 2.12. The highest BCUT2D eigenvalue weighted by molar-refractivity contribution is 5.94. The smallest absolute Gasteiger partial charge is 0.254 e. The number of hydrogen-bond donors (Lipinski definition) is 1. The molecule has 5 heteroatoms. The van der Waals surface area contributed by atoms with Crippen LogP contribution in [0.1, 0.15) is 42.7 Å². The lowest BCUT2D eigenvalue weighted by Crippen LogP contribution is -2.27. The number of carbonyl (C=O) groups excluding carboxylic acids is 1. The van der Waals surface area contributed by atoms with Gasteiger partial charge in [-0.1, -0.05) is 32.0 Å². The summed E-state index contributed by atoms with van der Waals surface area (Å²) in [7, 11) is 1.57. The number of rotatable bonds is 7. The number of ether oxygens (including phenoxy) is 2. The molecule has 4 nitrogen and oxygen atoms in total. The van der Waals surface area contributed by atoms with Gasteiger partial charge in [0.2, 0.25) is 0 Å². The summed E-state index contributed by atoms with van der Waals surface area (Å²) in [4.78, 5) is 12.2. The van der Waals surface area contributed by atoms with Crippen LogP contribution >= 0.6 is 0 Å². The van der Waals surface area contributed by atoms with E-state index in [9.17, 15) is 9.18 Å². The van der Waals surface area contributed by atoms with E-state index in [-0.39, 0.29) is 11.6 Å². The lowest BCUT2D eigenvalue weighted by Gasteiger charge is -2.18. The molecular weight excluding hydrogens is 321 g/mol. The fourth-order valence-electron chi connectivity index (χ4n) is 2.33. The first-order valence-corrected chi connectivity index (χ1v) is 8.28. The van der Waals surface area contributed by atoms with Gasteiger partial charge >= 0.3 is 0 Å². The molecule has 1 amide bonds. The molecule has 2 aromatic rings. The Morgan fingerprint density at radius 3 is 2.48 bits per heavy atom. The Bertz CT molecular complexity index is 731. The third-order valence-corrected chi connectivity index (χ3v) is 3.73. The molecule has 1 N–H and O–H groups in total. The van der Waals surface area contributed by atoms with Crippen LogP contribution in [0.4, 0.5) is 4.39 Å². The number of nitrogens with one attached hydrogen (secondary N) is 1. The Hall–Kier alpha value is -2.56. The van der Waals surface area contributed by atoms with E-state index in [1.807, 2.05) is 25.1 Å². The highest BCUT2D eigenvalue weighted by Gasteiger charge is 2.16. The van der Waals surface area contributed by atoms with Crippen molar-refractivity contribution in [3.8, 4) is 11.5 Å².